The summed E-state index contributed by atoms with van der Waals surface area (Å²) in [5.41, 5.74) is 0.0558. The molecule has 1 aliphatic carbocycles. The zero-order valence-corrected chi connectivity index (χ0v) is 7.37. The second kappa shape index (κ2) is 2.83. The van der Waals surface area contributed by atoms with E-state index in [0.29, 0.717) is 11.3 Å². The third-order valence-corrected chi connectivity index (χ3v) is 2.13. The molecule has 0 unspecified atom stereocenters. The van der Waals surface area contributed by atoms with Crippen LogP contribution in [-0.4, -0.2) is 5.78 Å². The van der Waals surface area contributed by atoms with Gasteiger partial charge in [-0.25, -0.2) is 4.79 Å². The van der Waals surface area contributed by atoms with Crippen LogP contribution in [0.15, 0.2) is 21.3 Å². The van der Waals surface area contributed by atoms with Crippen LogP contribution in [0.5, 0.6) is 0 Å². The fraction of sp³-hybridized carbons (Fsp3) is 0.400. The Bertz CT molecular complexity index is 399. The van der Waals surface area contributed by atoms with Crippen molar-refractivity contribution in [2.45, 2.75) is 19.8 Å². The number of hydrogen-bond donors (Lipinski definition) is 0. The van der Waals surface area contributed by atoms with Crippen molar-refractivity contribution in [3.05, 3.63) is 33.9 Å². The van der Waals surface area contributed by atoms with Gasteiger partial charge in [-0.15, -0.1) is 0 Å². The van der Waals surface area contributed by atoms with Gasteiger partial charge in [-0.3, -0.25) is 4.79 Å². The van der Waals surface area contributed by atoms with Crippen LogP contribution in [0.25, 0.3) is 0 Å². The standard InChI is InChI=1S/C10H10O3/c1-6-4-8(5-9(11)13-6)10(12)7-2-3-7/h4-5,7H,2-3H2,1H3. The minimum Gasteiger partial charge on any atom is -0.428 e. The number of hydrogen-bond acceptors (Lipinski definition) is 3. The molecule has 0 N–H and O–H groups in total. The zero-order valence-electron chi connectivity index (χ0n) is 7.37. The Kier molecular flexibility index (Phi) is 1.79. The fourth-order valence-corrected chi connectivity index (χ4v) is 1.33. The smallest absolute Gasteiger partial charge is 0.336 e. The number of ketones is 1. The molecule has 1 heterocycles. The van der Waals surface area contributed by atoms with Crippen LogP contribution in [0.1, 0.15) is 29.0 Å². The molecular formula is C10H10O3. The van der Waals surface area contributed by atoms with Crippen molar-refractivity contribution in [3.8, 4) is 0 Å². The van der Waals surface area contributed by atoms with Crippen molar-refractivity contribution in [3.63, 3.8) is 0 Å². The van der Waals surface area contributed by atoms with Crippen molar-refractivity contribution in [2.24, 2.45) is 5.92 Å². The molecule has 1 aliphatic rings. The molecular weight excluding hydrogens is 168 g/mol. The molecule has 0 bridgehead atoms. The minimum atomic E-state index is -0.441. The number of rotatable bonds is 2. The molecule has 1 aromatic rings. The molecule has 3 heteroatoms. The number of carbonyl (C=O) groups is 1. The molecule has 13 heavy (non-hydrogen) atoms. The third-order valence-electron chi connectivity index (χ3n) is 2.13. The maximum atomic E-state index is 11.5. The lowest BCUT2D eigenvalue weighted by Gasteiger charge is -1.97. The molecule has 1 fully saturated rings. The maximum absolute atomic E-state index is 11.5. The number of Topliss-reactive ketones (excluding diaryl/α,β-unsaturated/α-hetero) is 1. The lowest BCUT2D eigenvalue weighted by atomic mass is 10.1. The molecule has 0 radical (unpaired) electrons. The summed E-state index contributed by atoms with van der Waals surface area (Å²) in [7, 11) is 0. The zero-order chi connectivity index (χ0) is 9.42. The molecule has 1 saturated carbocycles. The first kappa shape index (κ1) is 8.23. The average Bonchev–Trinajstić information content (AvgIpc) is 2.83. The Balaban J connectivity index is 2.39. The quantitative estimate of drug-likeness (QED) is 0.645. The Hall–Kier alpha value is -1.38. The van der Waals surface area contributed by atoms with Crippen LogP contribution in [0.3, 0.4) is 0 Å². The molecule has 0 spiro atoms. The highest BCUT2D eigenvalue weighted by molar-refractivity contribution is 5.99. The molecule has 0 aliphatic heterocycles. The van der Waals surface area contributed by atoms with E-state index < -0.39 is 5.63 Å². The minimum absolute atomic E-state index is 0.0796. The molecule has 0 saturated heterocycles. The Morgan fingerprint density at radius 2 is 2.15 bits per heavy atom. The summed E-state index contributed by atoms with van der Waals surface area (Å²) in [5, 5.41) is 0. The molecule has 0 atom stereocenters. The SMILES string of the molecule is Cc1cc(C(=O)C2CC2)cc(=O)o1. The predicted molar refractivity (Wildman–Crippen MR) is 46.8 cm³/mol. The van der Waals surface area contributed by atoms with E-state index in [-0.39, 0.29) is 11.7 Å². The lowest BCUT2D eigenvalue weighted by molar-refractivity contribution is 0.0966. The molecule has 3 nitrogen and oxygen atoms in total. The first-order valence-corrected chi connectivity index (χ1v) is 4.33. The fourth-order valence-electron chi connectivity index (χ4n) is 1.33. The van der Waals surface area contributed by atoms with Gasteiger partial charge >= 0.3 is 5.63 Å². The molecule has 2 rings (SSSR count). The van der Waals surface area contributed by atoms with E-state index in [1.54, 1.807) is 13.0 Å². The van der Waals surface area contributed by atoms with Gasteiger partial charge in [0.1, 0.15) is 5.76 Å². The second-order valence-corrected chi connectivity index (χ2v) is 3.41. The van der Waals surface area contributed by atoms with Gasteiger partial charge < -0.3 is 4.42 Å². The summed E-state index contributed by atoms with van der Waals surface area (Å²) in [6, 6.07) is 2.90. The van der Waals surface area contributed by atoms with E-state index in [4.69, 9.17) is 4.42 Å². The summed E-state index contributed by atoms with van der Waals surface area (Å²) >= 11 is 0. The highest BCUT2D eigenvalue weighted by Crippen LogP contribution is 2.32. The van der Waals surface area contributed by atoms with Gasteiger partial charge in [0.05, 0.1) is 0 Å². The topological polar surface area (TPSA) is 47.3 Å². The normalized spacial score (nSPS) is 15.8. The van der Waals surface area contributed by atoms with Gasteiger partial charge in [0.25, 0.3) is 0 Å². The van der Waals surface area contributed by atoms with Crippen LogP contribution >= 0.6 is 0 Å². The van der Waals surface area contributed by atoms with Crippen molar-refractivity contribution in [2.75, 3.05) is 0 Å². The van der Waals surface area contributed by atoms with Gasteiger partial charge in [-0.1, -0.05) is 0 Å². The van der Waals surface area contributed by atoms with Crippen molar-refractivity contribution in [1.82, 2.24) is 0 Å². The summed E-state index contributed by atoms with van der Waals surface area (Å²) in [6.07, 6.45) is 1.91. The van der Waals surface area contributed by atoms with Gasteiger partial charge in [-0.05, 0) is 25.8 Å². The number of carbonyl (C=O) groups excluding carboxylic acids is 1. The second-order valence-electron chi connectivity index (χ2n) is 3.41. The predicted octanol–water partition coefficient (Wildman–Crippen LogP) is 1.54. The summed E-state index contributed by atoms with van der Waals surface area (Å²) in [5.74, 6) is 0.730. The van der Waals surface area contributed by atoms with E-state index in [1.165, 1.54) is 6.07 Å². The summed E-state index contributed by atoms with van der Waals surface area (Å²) in [6.45, 7) is 1.67. The van der Waals surface area contributed by atoms with Gasteiger partial charge in [-0.2, -0.15) is 0 Å². The van der Waals surface area contributed by atoms with Crippen LogP contribution in [-0.2, 0) is 0 Å². The van der Waals surface area contributed by atoms with E-state index in [1.807, 2.05) is 0 Å². The number of aryl methyl sites for hydroxylation is 1. The van der Waals surface area contributed by atoms with E-state index in [2.05, 4.69) is 0 Å². The molecule has 1 aromatic heterocycles. The monoisotopic (exact) mass is 178 g/mol. The van der Waals surface area contributed by atoms with Crippen LogP contribution < -0.4 is 5.63 Å². The first-order chi connectivity index (χ1) is 6.16. The molecule has 0 aromatic carbocycles. The maximum Gasteiger partial charge on any atom is 0.336 e. The Morgan fingerprint density at radius 1 is 1.46 bits per heavy atom. The van der Waals surface area contributed by atoms with Gasteiger partial charge in [0, 0.05) is 17.5 Å². The Labute approximate surface area is 75.4 Å². The van der Waals surface area contributed by atoms with E-state index >= 15 is 0 Å². The first-order valence-electron chi connectivity index (χ1n) is 4.33. The van der Waals surface area contributed by atoms with Crippen molar-refractivity contribution < 1.29 is 9.21 Å². The van der Waals surface area contributed by atoms with Crippen LogP contribution in [0.2, 0.25) is 0 Å². The van der Waals surface area contributed by atoms with E-state index in [9.17, 15) is 9.59 Å². The molecule has 0 amide bonds. The van der Waals surface area contributed by atoms with Crippen molar-refractivity contribution >= 4 is 5.78 Å². The van der Waals surface area contributed by atoms with Gasteiger partial charge in [0.2, 0.25) is 0 Å². The Morgan fingerprint density at radius 3 is 2.69 bits per heavy atom. The summed E-state index contributed by atoms with van der Waals surface area (Å²) < 4.78 is 4.76. The van der Waals surface area contributed by atoms with Crippen LogP contribution in [0, 0.1) is 12.8 Å². The highest BCUT2D eigenvalue weighted by atomic mass is 16.4. The lowest BCUT2D eigenvalue weighted by Crippen LogP contribution is -2.07. The summed E-state index contributed by atoms with van der Waals surface area (Å²) in [4.78, 5) is 22.5. The average molecular weight is 178 g/mol. The van der Waals surface area contributed by atoms with E-state index in [0.717, 1.165) is 12.8 Å². The third kappa shape index (κ3) is 1.69. The highest BCUT2D eigenvalue weighted by Gasteiger charge is 2.30. The van der Waals surface area contributed by atoms with Crippen LogP contribution in [0.4, 0.5) is 0 Å². The van der Waals surface area contributed by atoms with Gasteiger partial charge in [0.15, 0.2) is 5.78 Å². The van der Waals surface area contributed by atoms with Crippen molar-refractivity contribution in [1.29, 1.82) is 0 Å². The molecule has 68 valence electrons. The largest absolute Gasteiger partial charge is 0.428 e.